The Kier molecular flexibility index (Phi) is 7.57. The van der Waals surface area contributed by atoms with E-state index < -0.39 is 0 Å². The molecule has 0 amide bonds. The van der Waals surface area contributed by atoms with Crippen molar-refractivity contribution in [2.75, 3.05) is 26.4 Å². The third-order valence-corrected chi connectivity index (χ3v) is 5.57. The summed E-state index contributed by atoms with van der Waals surface area (Å²) >= 11 is 0. The number of hydrogen-bond acceptors (Lipinski definition) is 4. The van der Waals surface area contributed by atoms with Crippen molar-refractivity contribution in [1.29, 1.82) is 0 Å². The molecule has 4 heteroatoms. The maximum atomic E-state index is 9.76. The second-order valence-electron chi connectivity index (χ2n) is 9.09. The average molecular weight is 411 g/mol. The Labute approximate surface area is 180 Å². The highest BCUT2D eigenvalue weighted by atomic mass is 16.5. The fourth-order valence-electron chi connectivity index (χ4n) is 4.65. The van der Waals surface area contributed by atoms with E-state index in [-0.39, 0.29) is 17.8 Å². The minimum atomic E-state index is 0.0266. The molecule has 30 heavy (non-hydrogen) atoms. The third kappa shape index (κ3) is 6.10. The van der Waals surface area contributed by atoms with Crippen molar-refractivity contribution in [2.45, 2.75) is 40.0 Å². The molecule has 1 atom stereocenters. The lowest BCUT2D eigenvalue weighted by Crippen LogP contribution is -2.23. The summed E-state index contributed by atoms with van der Waals surface area (Å²) in [5.41, 5.74) is 5.35. The summed E-state index contributed by atoms with van der Waals surface area (Å²) in [7, 11) is 0. The van der Waals surface area contributed by atoms with Gasteiger partial charge in [0.15, 0.2) is 0 Å². The van der Waals surface area contributed by atoms with Crippen LogP contribution in [0.2, 0.25) is 0 Å². The molecule has 0 bridgehead atoms. The molecule has 1 saturated carbocycles. The standard InChI is InChI=1S/C26H34O4/c1-19-16-22(18-26(2,3)17-19)25(20-4-8-23(28)9-5-20)21-6-10-24(11-7-21)30-15-14-29-13-12-27/h4-11,19,27-28H,12-18H2,1-3H3/b25-22+. The van der Waals surface area contributed by atoms with Gasteiger partial charge in [-0.25, -0.2) is 0 Å². The highest BCUT2D eigenvalue weighted by Gasteiger charge is 2.30. The zero-order chi connectivity index (χ0) is 21.6. The highest BCUT2D eigenvalue weighted by molar-refractivity contribution is 5.82. The van der Waals surface area contributed by atoms with Crippen molar-refractivity contribution in [2.24, 2.45) is 11.3 Å². The first-order valence-electron chi connectivity index (χ1n) is 10.8. The summed E-state index contributed by atoms with van der Waals surface area (Å²) < 4.78 is 11.0. The zero-order valence-electron chi connectivity index (χ0n) is 18.4. The van der Waals surface area contributed by atoms with Crippen LogP contribution in [0.5, 0.6) is 11.5 Å². The number of phenols is 1. The molecule has 0 heterocycles. The van der Waals surface area contributed by atoms with Crippen molar-refractivity contribution >= 4 is 5.57 Å². The van der Waals surface area contributed by atoms with E-state index in [0.29, 0.717) is 25.7 Å². The molecule has 0 saturated heterocycles. The van der Waals surface area contributed by atoms with Crippen molar-refractivity contribution in [3.63, 3.8) is 0 Å². The Morgan fingerprint density at radius 1 is 0.967 bits per heavy atom. The van der Waals surface area contributed by atoms with E-state index in [1.807, 2.05) is 24.3 Å². The Balaban J connectivity index is 1.87. The normalized spacial score (nSPS) is 20.1. The van der Waals surface area contributed by atoms with E-state index in [9.17, 15) is 5.11 Å². The molecule has 1 aliphatic rings. The molecular weight excluding hydrogens is 376 g/mol. The molecule has 3 rings (SSSR count). The topological polar surface area (TPSA) is 58.9 Å². The number of aliphatic hydroxyl groups excluding tert-OH is 1. The monoisotopic (exact) mass is 410 g/mol. The van der Waals surface area contributed by atoms with E-state index >= 15 is 0 Å². The third-order valence-electron chi connectivity index (χ3n) is 5.57. The number of ether oxygens (including phenoxy) is 2. The molecular formula is C26H34O4. The first-order valence-corrected chi connectivity index (χ1v) is 10.8. The number of aliphatic hydroxyl groups is 1. The number of allylic oxidation sites excluding steroid dienone is 1. The largest absolute Gasteiger partial charge is 0.508 e. The maximum Gasteiger partial charge on any atom is 0.119 e. The van der Waals surface area contributed by atoms with Crippen LogP contribution in [-0.2, 0) is 4.74 Å². The molecule has 1 fully saturated rings. The van der Waals surface area contributed by atoms with Crippen LogP contribution in [0.3, 0.4) is 0 Å². The van der Waals surface area contributed by atoms with Gasteiger partial charge >= 0.3 is 0 Å². The lowest BCUT2D eigenvalue weighted by molar-refractivity contribution is 0.0705. The van der Waals surface area contributed by atoms with E-state index in [0.717, 1.165) is 24.2 Å². The minimum absolute atomic E-state index is 0.0266. The first-order chi connectivity index (χ1) is 14.4. The Hall–Kier alpha value is -2.30. The first kappa shape index (κ1) is 22.4. The van der Waals surface area contributed by atoms with Crippen LogP contribution in [0.25, 0.3) is 5.57 Å². The van der Waals surface area contributed by atoms with E-state index in [1.165, 1.54) is 23.1 Å². The number of benzene rings is 2. The average Bonchev–Trinajstić information content (AvgIpc) is 2.69. The summed E-state index contributed by atoms with van der Waals surface area (Å²) in [5.74, 6) is 1.74. The van der Waals surface area contributed by atoms with Gasteiger partial charge in [0.2, 0.25) is 0 Å². The molecule has 1 aliphatic carbocycles. The second kappa shape index (κ2) is 10.1. The van der Waals surface area contributed by atoms with Crippen molar-refractivity contribution in [1.82, 2.24) is 0 Å². The van der Waals surface area contributed by atoms with E-state index in [2.05, 4.69) is 32.9 Å². The zero-order valence-corrected chi connectivity index (χ0v) is 18.4. The molecule has 0 spiro atoms. The lowest BCUT2D eigenvalue weighted by Gasteiger charge is -2.37. The molecule has 0 aromatic heterocycles. The van der Waals surface area contributed by atoms with Gasteiger partial charge in [0, 0.05) is 0 Å². The van der Waals surface area contributed by atoms with Gasteiger partial charge in [-0.15, -0.1) is 0 Å². The van der Waals surface area contributed by atoms with Gasteiger partial charge in [0.25, 0.3) is 0 Å². The summed E-state index contributed by atoms with van der Waals surface area (Å²) in [6, 6.07) is 15.8. The fraction of sp³-hybridized carbons (Fsp3) is 0.462. The SMILES string of the molecule is CC1C/C(=C(/c2ccc(O)cc2)c2ccc(OCCOCCO)cc2)CC(C)(C)C1. The van der Waals surface area contributed by atoms with Gasteiger partial charge in [-0.05, 0) is 71.6 Å². The number of aromatic hydroxyl groups is 1. The van der Waals surface area contributed by atoms with Crippen LogP contribution in [0.1, 0.15) is 51.2 Å². The molecule has 4 nitrogen and oxygen atoms in total. The smallest absolute Gasteiger partial charge is 0.119 e. The number of hydrogen-bond donors (Lipinski definition) is 2. The maximum absolute atomic E-state index is 9.76. The van der Waals surface area contributed by atoms with Gasteiger partial charge < -0.3 is 19.7 Å². The molecule has 2 aromatic carbocycles. The Bertz CT molecular complexity index is 834. The Morgan fingerprint density at radius 2 is 1.60 bits per heavy atom. The summed E-state index contributed by atoms with van der Waals surface area (Å²) in [5, 5.41) is 18.5. The molecule has 0 radical (unpaired) electrons. The second-order valence-corrected chi connectivity index (χ2v) is 9.09. The molecule has 2 aromatic rings. The Morgan fingerprint density at radius 3 is 2.20 bits per heavy atom. The minimum Gasteiger partial charge on any atom is -0.508 e. The fourth-order valence-corrected chi connectivity index (χ4v) is 4.65. The van der Waals surface area contributed by atoms with Gasteiger partial charge in [-0.1, -0.05) is 50.6 Å². The van der Waals surface area contributed by atoms with Crippen molar-refractivity contribution in [3.05, 3.63) is 65.2 Å². The summed E-state index contributed by atoms with van der Waals surface area (Å²) in [6.07, 6.45) is 3.42. The molecule has 2 N–H and O–H groups in total. The van der Waals surface area contributed by atoms with Gasteiger partial charge in [0.05, 0.1) is 19.8 Å². The van der Waals surface area contributed by atoms with Gasteiger partial charge in [0.1, 0.15) is 18.1 Å². The van der Waals surface area contributed by atoms with E-state index in [4.69, 9.17) is 14.6 Å². The quantitative estimate of drug-likeness (QED) is 0.570. The van der Waals surface area contributed by atoms with Crippen LogP contribution < -0.4 is 4.74 Å². The van der Waals surface area contributed by atoms with E-state index in [1.54, 1.807) is 12.1 Å². The van der Waals surface area contributed by atoms with Crippen LogP contribution in [0.15, 0.2) is 54.1 Å². The summed E-state index contributed by atoms with van der Waals surface area (Å²) in [6.45, 7) is 8.32. The van der Waals surface area contributed by atoms with Crippen LogP contribution in [0.4, 0.5) is 0 Å². The summed E-state index contributed by atoms with van der Waals surface area (Å²) in [4.78, 5) is 0. The molecule has 0 aliphatic heterocycles. The highest BCUT2D eigenvalue weighted by Crippen LogP contribution is 2.45. The molecule has 1 unspecified atom stereocenters. The van der Waals surface area contributed by atoms with Crippen molar-refractivity contribution in [3.8, 4) is 11.5 Å². The van der Waals surface area contributed by atoms with Gasteiger partial charge in [-0.2, -0.15) is 0 Å². The number of phenolic OH excluding ortho intramolecular Hbond substituents is 1. The van der Waals surface area contributed by atoms with Crippen molar-refractivity contribution < 1.29 is 19.7 Å². The van der Waals surface area contributed by atoms with Crippen LogP contribution in [-0.4, -0.2) is 36.6 Å². The van der Waals surface area contributed by atoms with Crippen LogP contribution >= 0.6 is 0 Å². The predicted octanol–water partition coefficient (Wildman–Crippen LogP) is 5.43. The van der Waals surface area contributed by atoms with Gasteiger partial charge in [-0.3, -0.25) is 0 Å². The van der Waals surface area contributed by atoms with Crippen LogP contribution in [0, 0.1) is 11.3 Å². The number of rotatable bonds is 8. The molecule has 162 valence electrons. The predicted molar refractivity (Wildman–Crippen MR) is 121 cm³/mol. The lowest BCUT2D eigenvalue weighted by atomic mass is 9.68.